The zero-order valence-electron chi connectivity index (χ0n) is 18.8. The average Bonchev–Trinajstić information content (AvgIpc) is 2.75. The van der Waals surface area contributed by atoms with Crippen molar-refractivity contribution >= 4 is 21.6 Å². The van der Waals surface area contributed by atoms with Crippen LogP contribution in [-0.2, 0) is 21.4 Å². The first-order valence-corrected chi connectivity index (χ1v) is 11.7. The van der Waals surface area contributed by atoms with Gasteiger partial charge in [-0.15, -0.1) is 0 Å². The number of anilines is 1. The van der Waals surface area contributed by atoms with Crippen LogP contribution >= 0.6 is 0 Å². The van der Waals surface area contributed by atoms with Gasteiger partial charge in [0, 0.05) is 12.1 Å². The molecule has 168 valence electrons. The topological polar surface area (TPSA) is 75.7 Å². The van der Waals surface area contributed by atoms with Gasteiger partial charge in [-0.3, -0.25) is 9.10 Å². The second kappa shape index (κ2) is 9.87. The van der Waals surface area contributed by atoms with Crippen LogP contribution in [0.3, 0.4) is 0 Å². The molecule has 0 aliphatic carbocycles. The second-order valence-electron chi connectivity index (χ2n) is 7.76. The van der Waals surface area contributed by atoms with Crippen LogP contribution < -0.4 is 14.4 Å². The monoisotopic (exact) mass is 452 g/mol. The fraction of sp³-hybridized carbons (Fsp3) is 0.240. The first kappa shape index (κ1) is 23.3. The van der Waals surface area contributed by atoms with Crippen LogP contribution in [0.1, 0.15) is 22.3 Å². The largest absolute Gasteiger partial charge is 0.496 e. The minimum Gasteiger partial charge on any atom is -0.496 e. The number of methoxy groups -OCH3 is 1. The first-order valence-electron chi connectivity index (χ1n) is 10.3. The van der Waals surface area contributed by atoms with Gasteiger partial charge in [0.2, 0.25) is 5.91 Å². The van der Waals surface area contributed by atoms with Crippen molar-refractivity contribution in [1.82, 2.24) is 5.32 Å². The molecule has 0 aromatic heterocycles. The van der Waals surface area contributed by atoms with Crippen molar-refractivity contribution in [1.29, 1.82) is 0 Å². The van der Waals surface area contributed by atoms with Crippen molar-refractivity contribution < 1.29 is 17.9 Å². The molecular formula is C25H28N2O4S. The number of amides is 1. The first-order chi connectivity index (χ1) is 15.2. The third-order valence-electron chi connectivity index (χ3n) is 5.06. The third kappa shape index (κ3) is 5.48. The van der Waals surface area contributed by atoms with Gasteiger partial charge in [0.05, 0.1) is 17.7 Å². The minimum absolute atomic E-state index is 0.139. The van der Waals surface area contributed by atoms with Crippen molar-refractivity contribution in [3.63, 3.8) is 0 Å². The zero-order chi connectivity index (χ0) is 23.3. The number of ether oxygens (including phenoxy) is 1. The molecule has 0 radical (unpaired) electrons. The molecule has 0 aliphatic heterocycles. The number of rotatable bonds is 8. The van der Waals surface area contributed by atoms with Gasteiger partial charge in [0.25, 0.3) is 10.0 Å². The van der Waals surface area contributed by atoms with E-state index in [9.17, 15) is 13.2 Å². The lowest BCUT2D eigenvalue weighted by molar-refractivity contribution is -0.119. The minimum atomic E-state index is -3.95. The number of para-hydroxylation sites is 1. The Morgan fingerprint density at radius 1 is 0.906 bits per heavy atom. The molecule has 0 saturated heterocycles. The summed E-state index contributed by atoms with van der Waals surface area (Å²) >= 11 is 0. The molecule has 1 N–H and O–H groups in total. The number of aryl methyl sites for hydroxylation is 3. The van der Waals surface area contributed by atoms with Crippen molar-refractivity contribution in [3.05, 3.63) is 89.0 Å². The number of carbonyl (C=O) groups excluding carboxylic acids is 1. The van der Waals surface area contributed by atoms with Crippen LogP contribution in [0.5, 0.6) is 5.75 Å². The van der Waals surface area contributed by atoms with Crippen LogP contribution in [0.15, 0.2) is 71.6 Å². The summed E-state index contributed by atoms with van der Waals surface area (Å²) < 4.78 is 33.5. The van der Waals surface area contributed by atoms with Gasteiger partial charge in [-0.1, -0.05) is 42.0 Å². The molecule has 0 bridgehead atoms. The van der Waals surface area contributed by atoms with Crippen molar-refractivity contribution in [2.75, 3.05) is 18.0 Å². The summed E-state index contributed by atoms with van der Waals surface area (Å²) in [5.41, 5.74) is 4.05. The van der Waals surface area contributed by atoms with E-state index >= 15 is 0 Å². The van der Waals surface area contributed by atoms with Gasteiger partial charge in [-0.2, -0.15) is 0 Å². The molecule has 0 aliphatic rings. The van der Waals surface area contributed by atoms with E-state index in [0.717, 1.165) is 26.6 Å². The molecule has 1 amide bonds. The third-order valence-corrected chi connectivity index (χ3v) is 6.85. The van der Waals surface area contributed by atoms with E-state index in [0.29, 0.717) is 11.4 Å². The second-order valence-corrected chi connectivity index (χ2v) is 9.62. The molecule has 3 rings (SSSR count). The number of nitrogens with zero attached hydrogens (tertiary/aromatic N) is 1. The number of hydrogen-bond acceptors (Lipinski definition) is 4. The maximum Gasteiger partial charge on any atom is 0.264 e. The predicted octanol–water partition coefficient (Wildman–Crippen LogP) is 4.13. The van der Waals surface area contributed by atoms with Crippen LogP contribution in [0.4, 0.5) is 5.69 Å². The molecule has 0 spiro atoms. The standard InChI is InChI=1S/C25H28N2O4S/c1-18-9-11-23(12-10-18)32(29,30)27(22-14-19(2)13-20(3)15-22)17-25(28)26-16-21-7-5-6-8-24(21)31-4/h5-15H,16-17H2,1-4H3,(H,26,28). The summed E-state index contributed by atoms with van der Waals surface area (Å²) in [5, 5.41) is 2.81. The van der Waals surface area contributed by atoms with Gasteiger partial charge in [0.1, 0.15) is 12.3 Å². The van der Waals surface area contributed by atoms with Crippen molar-refractivity contribution in [2.45, 2.75) is 32.2 Å². The molecule has 32 heavy (non-hydrogen) atoms. The molecule has 0 saturated carbocycles. The summed E-state index contributed by atoms with van der Waals surface area (Å²) in [6.45, 7) is 5.58. The summed E-state index contributed by atoms with van der Waals surface area (Å²) in [6.07, 6.45) is 0. The van der Waals surface area contributed by atoms with Gasteiger partial charge in [0.15, 0.2) is 0 Å². The summed E-state index contributed by atoms with van der Waals surface area (Å²) in [6, 6.07) is 19.5. The lowest BCUT2D eigenvalue weighted by atomic mass is 10.1. The highest BCUT2D eigenvalue weighted by Gasteiger charge is 2.27. The van der Waals surface area contributed by atoms with Gasteiger partial charge < -0.3 is 10.1 Å². The Labute approximate surface area is 189 Å². The summed E-state index contributed by atoms with van der Waals surface area (Å²) in [4.78, 5) is 13.0. The van der Waals surface area contributed by atoms with E-state index < -0.39 is 15.9 Å². The van der Waals surface area contributed by atoms with E-state index in [2.05, 4.69) is 5.32 Å². The molecular weight excluding hydrogens is 424 g/mol. The molecule has 0 fully saturated rings. The predicted molar refractivity (Wildman–Crippen MR) is 126 cm³/mol. The maximum atomic E-state index is 13.5. The van der Waals surface area contributed by atoms with E-state index in [1.807, 2.05) is 51.1 Å². The molecule has 0 heterocycles. The SMILES string of the molecule is COc1ccccc1CNC(=O)CN(c1cc(C)cc(C)c1)S(=O)(=O)c1ccc(C)cc1. The van der Waals surface area contributed by atoms with E-state index in [4.69, 9.17) is 4.74 Å². The summed E-state index contributed by atoms with van der Waals surface area (Å²) in [5.74, 6) is 0.247. The van der Waals surface area contributed by atoms with Crippen LogP contribution in [0, 0.1) is 20.8 Å². The molecule has 3 aromatic carbocycles. The van der Waals surface area contributed by atoms with Crippen LogP contribution in [0.25, 0.3) is 0 Å². The Kier molecular flexibility index (Phi) is 7.20. The van der Waals surface area contributed by atoms with Crippen LogP contribution in [0.2, 0.25) is 0 Å². The Morgan fingerprint density at radius 2 is 1.53 bits per heavy atom. The van der Waals surface area contributed by atoms with Crippen LogP contribution in [-0.4, -0.2) is 28.0 Å². The number of benzene rings is 3. The lowest BCUT2D eigenvalue weighted by Gasteiger charge is -2.25. The normalized spacial score (nSPS) is 11.1. The fourth-order valence-corrected chi connectivity index (χ4v) is 4.88. The Balaban J connectivity index is 1.90. The highest BCUT2D eigenvalue weighted by molar-refractivity contribution is 7.92. The Hall–Kier alpha value is -3.32. The molecule has 0 unspecified atom stereocenters. The number of nitrogens with one attached hydrogen (secondary N) is 1. The van der Waals surface area contributed by atoms with Gasteiger partial charge in [-0.25, -0.2) is 8.42 Å². The summed E-state index contributed by atoms with van der Waals surface area (Å²) in [7, 11) is -2.38. The Morgan fingerprint density at radius 3 is 2.16 bits per heavy atom. The van der Waals surface area contributed by atoms with Gasteiger partial charge >= 0.3 is 0 Å². The lowest BCUT2D eigenvalue weighted by Crippen LogP contribution is -2.40. The Bertz CT molecular complexity index is 1180. The zero-order valence-corrected chi connectivity index (χ0v) is 19.6. The highest BCUT2D eigenvalue weighted by atomic mass is 32.2. The van der Waals surface area contributed by atoms with Crippen molar-refractivity contribution in [2.24, 2.45) is 0 Å². The highest BCUT2D eigenvalue weighted by Crippen LogP contribution is 2.26. The molecule has 7 heteroatoms. The maximum absolute atomic E-state index is 13.5. The number of sulfonamides is 1. The smallest absolute Gasteiger partial charge is 0.264 e. The molecule has 0 atom stereocenters. The van der Waals surface area contributed by atoms with E-state index in [-0.39, 0.29) is 18.0 Å². The molecule has 6 nitrogen and oxygen atoms in total. The average molecular weight is 453 g/mol. The number of carbonyl (C=O) groups is 1. The molecule has 3 aromatic rings. The quantitative estimate of drug-likeness (QED) is 0.558. The number of hydrogen-bond donors (Lipinski definition) is 1. The fourth-order valence-electron chi connectivity index (χ4n) is 3.48. The van der Waals surface area contributed by atoms with Gasteiger partial charge in [-0.05, 0) is 62.2 Å². The van der Waals surface area contributed by atoms with E-state index in [1.54, 1.807) is 43.5 Å². The van der Waals surface area contributed by atoms with Crippen molar-refractivity contribution in [3.8, 4) is 5.75 Å². The van der Waals surface area contributed by atoms with E-state index in [1.165, 1.54) is 0 Å².